The van der Waals surface area contributed by atoms with Gasteiger partial charge in [-0.05, 0) is 43.7 Å². The third-order valence-electron chi connectivity index (χ3n) is 4.38. The van der Waals surface area contributed by atoms with Crippen LogP contribution in [0.15, 0.2) is 72.3 Å². The minimum atomic E-state index is -0.688. The van der Waals surface area contributed by atoms with Crippen molar-refractivity contribution in [1.29, 1.82) is 5.26 Å². The molecular formula is C25H21FN2O2. The van der Waals surface area contributed by atoms with Crippen molar-refractivity contribution in [3.63, 3.8) is 0 Å². The molecule has 30 heavy (non-hydrogen) atoms. The molecule has 0 atom stereocenters. The first kappa shape index (κ1) is 20.8. The van der Waals surface area contributed by atoms with Gasteiger partial charge in [0.15, 0.2) is 0 Å². The number of nitrogens with zero attached hydrogens (tertiary/aromatic N) is 1. The number of rotatable bonds is 6. The van der Waals surface area contributed by atoms with Crippen molar-refractivity contribution in [2.75, 3.05) is 5.32 Å². The van der Waals surface area contributed by atoms with Gasteiger partial charge in [-0.25, -0.2) is 4.39 Å². The van der Waals surface area contributed by atoms with Crippen molar-refractivity contribution in [2.45, 2.75) is 20.5 Å². The van der Waals surface area contributed by atoms with Crippen molar-refractivity contribution < 1.29 is 13.9 Å². The summed E-state index contributed by atoms with van der Waals surface area (Å²) in [6.07, 6.45) is 1.44. The number of halogens is 1. The molecule has 1 amide bonds. The van der Waals surface area contributed by atoms with Gasteiger partial charge in [0, 0.05) is 5.56 Å². The predicted molar refractivity (Wildman–Crippen MR) is 115 cm³/mol. The Hall–Kier alpha value is -3.91. The predicted octanol–water partition coefficient (Wildman–Crippen LogP) is 5.57. The van der Waals surface area contributed by atoms with E-state index < -0.39 is 11.7 Å². The Balaban J connectivity index is 1.80. The van der Waals surface area contributed by atoms with Crippen LogP contribution < -0.4 is 10.1 Å². The highest BCUT2D eigenvalue weighted by atomic mass is 19.1. The number of carbonyl (C=O) groups is 1. The average Bonchev–Trinajstić information content (AvgIpc) is 2.72. The van der Waals surface area contributed by atoms with E-state index in [2.05, 4.69) is 11.4 Å². The topological polar surface area (TPSA) is 62.1 Å². The molecule has 0 spiro atoms. The molecule has 0 saturated heterocycles. The summed E-state index contributed by atoms with van der Waals surface area (Å²) in [5.41, 5.74) is 3.78. The van der Waals surface area contributed by atoms with Crippen molar-refractivity contribution in [3.8, 4) is 11.8 Å². The zero-order chi connectivity index (χ0) is 21.5. The number of para-hydroxylation sites is 2. The van der Waals surface area contributed by atoms with E-state index in [9.17, 15) is 14.4 Å². The molecule has 4 nitrogen and oxygen atoms in total. The Morgan fingerprint density at radius 1 is 1.07 bits per heavy atom. The first-order valence-corrected chi connectivity index (χ1v) is 9.43. The third-order valence-corrected chi connectivity index (χ3v) is 4.38. The number of nitriles is 1. The SMILES string of the molecule is Cc1cc(C)cc(COc2ccccc2/C=C(\C#N)C(=O)Nc2ccccc2F)c1. The average molecular weight is 400 g/mol. The summed E-state index contributed by atoms with van der Waals surface area (Å²) >= 11 is 0. The minimum Gasteiger partial charge on any atom is -0.488 e. The summed E-state index contributed by atoms with van der Waals surface area (Å²) in [6, 6.07) is 21.0. The highest BCUT2D eigenvalue weighted by molar-refractivity contribution is 6.09. The van der Waals surface area contributed by atoms with E-state index in [0.29, 0.717) is 17.9 Å². The molecule has 3 aromatic carbocycles. The molecule has 0 aromatic heterocycles. The molecule has 3 aromatic rings. The maximum absolute atomic E-state index is 13.8. The lowest BCUT2D eigenvalue weighted by Crippen LogP contribution is -2.14. The Morgan fingerprint density at radius 2 is 1.73 bits per heavy atom. The van der Waals surface area contributed by atoms with Crippen LogP contribution in [0.25, 0.3) is 6.08 Å². The van der Waals surface area contributed by atoms with Gasteiger partial charge in [-0.2, -0.15) is 5.26 Å². The highest BCUT2D eigenvalue weighted by Crippen LogP contribution is 2.23. The van der Waals surface area contributed by atoms with Crippen LogP contribution >= 0.6 is 0 Å². The van der Waals surface area contributed by atoms with Crippen molar-refractivity contribution >= 4 is 17.7 Å². The number of aryl methyl sites for hydroxylation is 2. The van der Waals surface area contributed by atoms with Gasteiger partial charge < -0.3 is 10.1 Å². The van der Waals surface area contributed by atoms with E-state index in [-0.39, 0.29) is 11.3 Å². The number of hydrogen-bond acceptors (Lipinski definition) is 3. The molecule has 0 saturated carbocycles. The van der Waals surface area contributed by atoms with Crippen molar-refractivity contribution in [2.24, 2.45) is 0 Å². The fraction of sp³-hybridized carbons (Fsp3) is 0.120. The summed E-state index contributed by atoms with van der Waals surface area (Å²) in [7, 11) is 0. The van der Waals surface area contributed by atoms with Gasteiger partial charge in [0.25, 0.3) is 5.91 Å². The van der Waals surface area contributed by atoms with Gasteiger partial charge in [0.05, 0.1) is 5.69 Å². The molecule has 0 fully saturated rings. The molecule has 0 aliphatic rings. The first-order chi connectivity index (χ1) is 14.5. The van der Waals surface area contributed by atoms with E-state index in [1.807, 2.05) is 38.1 Å². The number of nitrogens with one attached hydrogen (secondary N) is 1. The smallest absolute Gasteiger partial charge is 0.266 e. The van der Waals surface area contributed by atoms with E-state index >= 15 is 0 Å². The van der Waals surface area contributed by atoms with Gasteiger partial charge >= 0.3 is 0 Å². The molecule has 0 aliphatic carbocycles. The molecule has 0 bridgehead atoms. The van der Waals surface area contributed by atoms with Crippen LogP contribution in [0.5, 0.6) is 5.75 Å². The quantitative estimate of drug-likeness (QED) is 0.435. The summed E-state index contributed by atoms with van der Waals surface area (Å²) in [5.74, 6) is -0.713. The van der Waals surface area contributed by atoms with Gasteiger partial charge in [-0.15, -0.1) is 0 Å². The van der Waals surface area contributed by atoms with Crippen LogP contribution in [0.3, 0.4) is 0 Å². The van der Waals surface area contributed by atoms with Gasteiger partial charge in [0.2, 0.25) is 0 Å². The van der Waals surface area contributed by atoms with Gasteiger partial charge in [-0.1, -0.05) is 59.7 Å². The second-order valence-electron chi connectivity index (χ2n) is 6.93. The molecular weight excluding hydrogens is 379 g/mol. The molecule has 150 valence electrons. The van der Waals surface area contributed by atoms with Crippen LogP contribution in [0.1, 0.15) is 22.3 Å². The second kappa shape index (κ2) is 9.53. The van der Waals surface area contributed by atoms with Gasteiger partial charge in [-0.3, -0.25) is 4.79 Å². The summed E-state index contributed by atoms with van der Waals surface area (Å²) in [4.78, 5) is 12.5. The van der Waals surface area contributed by atoms with Crippen LogP contribution in [-0.4, -0.2) is 5.91 Å². The number of hydrogen-bond donors (Lipinski definition) is 1. The number of anilines is 1. The maximum atomic E-state index is 13.8. The highest BCUT2D eigenvalue weighted by Gasteiger charge is 2.13. The third kappa shape index (κ3) is 5.33. The lowest BCUT2D eigenvalue weighted by molar-refractivity contribution is -0.112. The van der Waals surface area contributed by atoms with E-state index in [0.717, 1.165) is 16.7 Å². The minimum absolute atomic E-state index is 0.0167. The number of carbonyl (C=O) groups excluding carboxylic acids is 1. The van der Waals surface area contributed by atoms with Crippen molar-refractivity contribution in [1.82, 2.24) is 0 Å². The molecule has 5 heteroatoms. The second-order valence-corrected chi connectivity index (χ2v) is 6.93. The summed E-state index contributed by atoms with van der Waals surface area (Å²) in [6.45, 7) is 4.41. The van der Waals surface area contributed by atoms with Crippen LogP contribution in [-0.2, 0) is 11.4 Å². The maximum Gasteiger partial charge on any atom is 0.266 e. The lowest BCUT2D eigenvalue weighted by Gasteiger charge is -2.11. The fourth-order valence-corrected chi connectivity index (χ4v) is 3.10. The normalized spacial score (nSPS) is 10.9. The molecule has 1 N–H and O–H groups in total. The van der Waals surface area contributed by atoms with Crippen LogP contribution in [0.2, 0.25) is 0 Å². The largest absolute Gasteiger partial charge is 0.488 e. The Morgan fingerprint density at radius 3 is 2.43 bits per heavy atom. The molecule has 3 rings (SSSR count). The molecule has 0 unspecified atom stereocenters. The fourth-order valence-electron chi connectivity index (χ4n) is 3.10. The molecule has 0 aliphatic heterocycles. The number of amides is 1. The zero-order valence-corrected chi connectivity index (χ0v) is 16.8. The van der Waals surface area contributed by atoms with E-state index in [1.165, 1.54) is 24.3 Å². The number of benzene rings is 3. The standard InChI is InChI=1S/C25H21FN2O2/c1-17-11-18(2)13-19(12-17)16-30-24-10-6-3-7-20(24)14-21(15-27)25(29)28-23-9-5-4-8-22(23)26/h3-14H,16H2,1-2H3,(H,28,29)/b21-14+. The Bertz CT molecular complexity index is 1130. The van der Waals surface area contributed by atoms with E-state index in [4.69, 9.17) is 4.74 Å². The first-order valence-electron chi connectivity index (χ1n) is 9.43. The Kier molecular flexibility index (Phi) is 6.61. The Labute approximate surface area is 175 Å². The van der Waals surface area contributed by atoms with Gasteiger partial charge in [0.1, 0.15) is 29.8 Å². The molecule has 0 heterocycles. The summed E-state index contributed by atoms with van der Waals surface area (Å²) in [5, 5.41) is 11.9. The van der Waals surface area contributed by atoms with Crippen LogP contribution in [0, 0.1) is 31.0 Å². The zero-order valence-electron chi connectivity index (χ0n) is 16.8. The lowest BCUT2D eigenvalue weighted by atomic mass is 10.1. The number of ether oxygens (including phenoxy) is 1. The summed E-state index contributed by atoms with van der Waals surface area (Å²) < 4.78 is 19.7. The monoisotopic (exact) mass is 400 g/mol. The molecule has 0 radical (unpaired) electrons. The van der Waals surface area contributed by atoms with E-state index in [1.54, 1.807) is 24.3 Å². The van der Waals surface area contributed by atoms with Crippen LogP contribution in [0.4, 0.5) is 10.1 Å². The van der Waals surface area contributed by atoms with Crippen molar-refractivity contribution in [3.05, 3.63) is 100 Å².